The van der Waals surface area contributed by atoms with Crippen LogP contribution in [-0.2, 0) is 0 Å². The summed E-state index contributed by atoms with van der Waals surface area (Å²) in [5.41, 5.74) is 1.68. The van der Waals surface area contributed by atoms with Gasteiger partial charge in [0.25, 0.3) is 0 Å². The second-order valence-electron chi connectivity index (χ2n) is 3.13. The van der Waals surface area contributed by atoms with E-state index in [1.807, 2.05) is 30.3 Å². The molecule has 0 saturated heterocycles. The van der Waals surface area contributed by atoms with Crippen LogP contribution in [0.4, 0.5) is 0 Å². The standard InChI is InChI=1S/C10H10N2O.Pb/c1-11-10(13)9-6-7-4-2-3-5-8(7)12-9;/h2-6H,1H3,(H2,11,12,13);/q;+1/p-1. The van der Waals surface area contributed by atoms with E-state index in [4.69, 9.17) is 0 Å². The zero-order valence-electron chi connectivity index (χ0n) is 7.74. The van der Waals surface area contributed by atoms with Crippen molar-refractivity contribution in [3.05, 3.63) is 36.0 Å². The third kappa shape index (κ3) is 1.68. The van der Waals surface area contributed by atoms with Crippen molar-refractivity contribution in [2.45, 2.75) is 0 Å². The normalized spacial score (nSPS) is 10.4. The summed E-state index contributed by atoms with van der Waals surface area (Å²) in [6.07, 6.45) is 0. The zero-order valence-corrected chi connectivity index (χ0v) is 11.6. The average molecular weight is 380 g/mol. The van der Waals surface area contributed by atoms with Crippen LogP contribution in [0.3, 0.4) is 0 Å². The van der Waals surface area contributed by atoms with Crippen LogP contribution in [0.2, 0.25) is 0 Å². The van der Waals surface area contributed by atoms with Crippen LogP contribution in [0.5, 0.6) is 0 Å². The molecule has 0 fully saturated rings. The van der Waals surface area contributed by atoms with Gasteiger partial charge in [0.15, 0.2) is 0 Å². The van der Waals surface area contributed by atoms with Crippen molar-refractivity contribution in [3.63, 3.8) is 0 Å². The number of fused-ring (bicyclic) bond motifs is 1. The van der Waals surface area contributed by atoms with Crippen molar-refractivity contribution in [3.8, 4) is 0 Å². The van der Waals surface area contributed by atoms with Gasteiger partial charge in [-0.3, -0.25) is 0 Å². The average Bonchev–Trinajstić information content (AvgIpc) is 2.59. The second-order valence-corrected chi connectivity index (χ2v) is 5.74. The first-order chi connectivity index (χ1) is 6.68. The van der Waals surface area contributed by atoms with E-state index in [9.17, 15) is 4.79 Å². The van der Waals surface area contributed by atoms with Crippen molar-refractivity contribution in [2.75, 3.05) is 7.05 Å². The monoisotopic (exact) mass is 381 g/mol. The molecule has 3 nitrogen and oxygen atoms in total. The third-order valence-electron chi connectivity index (χ3n) is 2.07. The van der Waals surface area contributed by atoms with Gasteiger partial charge in [0.05, 0.1) is 0 Å². The molecule has 1 aromatic heterocycles. The quantitative estimate of drug-likeness (QED) is 0.745. The van der Waals surface area contributed by atoms with E-state index >= 15 is 0 Å². The zero-order chi connectivity index (χ0) is 10.1. The Kier molecular flexibility index (Phi) is 2.58. The van der Waals surface area contributed by atoms with Crippen molar-refractivity contribution in [2.24, 2.45) is 0 Å². The van der Waals surface area contributed by atoms with Crippen LogP contribution >= 0.6 is 0 Å². The number of benzene rings is 1. The molecule has 0 atom stereocenters. The number of nitrogens with zero attached hydrogens (tertiary/aromatic N) is 1. The minimum absolute atomic E-state index is 0.0628. The Balaban J connectivity index is 2.50. The van der Waals surface area contributed by atoms with Crippen molar-refractivity contribution in [1.82, 2.24) is 7.69 Å². The van der Waals surface area contributed by atoms with E-state index in [0.29, 0.717) is 5.69 Å². The molecule has 0 saturated carbocycles. The fourth-order valence-corrected chi connectivity index (χ4v) is 1.84. The molecule has 0 bridgehead atoms. The molecule has 14 heavy (non-hydrogen) atoms. The van der Waals surface area contributed by atoms with Crippen LogP contribution in [-0.4, -0.2) is 46.7 Å². The summed E-state index contributed by atoms with van der Waals surface area (Å²) in [7, 11) is 1.81. The van der Waals surface area contributed by atoms with Gasteiger partial charge in [-0.15, -0.1) is 0 Å². The SMILES string of the molecule is C[N]([Pb])C(=O)c1cc2ccccc2[nH]1. The van der Waals surface area contributed by atoms with Gasteiger partial charge in [0.2, 0.25) is 0 Å². The van der Waals surface area contributed by atoms with Gasteiger partial charge in [-0.2, -0.15) is 0 Å². The number of rotatable bonds is 1. The first kappa shape index (κ1) is 9.70. The summed E-state index contributed by atoms with van der Waals surface area (Å²) in [6, 6.07) is 9.79. The Labute approximate surface area is 98.2 Å². The maximum absolute atomic E-state index is 11.6. The third-order valence-corrected chi connectivity index (χ3v) is 2.85. The molecule has 0 spiro atoms. The molecule has 1 aromatic carbocycles. The molecule has 3 radical (unpaired) electrons. The first-order valence-corrected chi connectivity index (χ1v) is 5.99. The number of hydrogen-bond donors (Lipinski definition) is 1. The number of aromatic amines is 1. The number of para-hydroxylation sites is 1. The molecule has 4 heteroatoms. The molecule has 1 amide bonds. The van der Waals surface area contributed by atoms with Gasteiger partial charge in [-0.05, 0) is 0 Å². The fourth-order valence-electron chi connectivity index (χ4n) is 1.37. The molecule has 0 aliphatic heterocycles. The van der Waals surface area contributed by atoms with E-state index in [1.54, 1.807) is 9.76 Å². The summed E-state index contributed by atoms with van der Waals surface area (Å²) in [4.78, 5) is 14.8. The van der Waals surface area contributed by atoms with Crippen LogP contribution in [0, 0.1) is 0 Å². The molecule has 0 aliphatic rings. The minimum atomic E-state index is 0.0628. The number of carbonyl (C=O) groups is 1. The summed E-state index contributed by atoms with van der Waals surface area (Å²) < 4.78 is 1.70. The van der Waals surface area contributed by atoms with Crippen LogP contribution < -0.4 is 0 Å². The second kappa shape index (κ2) is 3.72. The topological polar surface area (TPSA) is 36.1 Å². The summed E-state index contributed by atoms with van der Waals surface area (Å²) in [6.45, 7) is 0. The Bertz CT molecular complexity index is 443. The number of carbonyl (C=O) groups excluding carboxylic acids is 1. The predicted octanol–water partition coefficient (Wildman–Crippen LogP) is 1.32. The van der Waals surface area contributed by atoms with Gasteiger partial charge < -0.3 is 0 Å². The summed E-state index contributed by atoms with van der Waals surface area (Å²) in [5.74, 6) is 0.0628. The molecule has 1 heterocycles. The number of nitrogens with one attached hydrogen (secondary N) is 1. The Morgan fingerprint density at radius 3 is 2.79 bits per heavy atom. The Morgan fingerprint density at radius 2 is 2.14 bits per heavy atom. The van der Waals surface area contributed by atoms with Crippen LogP contribution in [0.25, 0.3) is 10.9 Å². The molecule has 0 aliphatic carbocycles. The van der Waals surface area contributed by atoms with Gasteiger partial charge >= 0.3 is 98.4 Å². The Morgan fingerprint density at radius 1 is 1.43 bits per heavy atom. The van der Waals surface area contributed by atoms with Gasteiger partial charge in [0, 0.05) is 0 Å². The van der Waals surface area contributed by atoms with Gasteiger partial charge in [0.1, 0.15) is 0 Å². The van der Waals surface area contributed by atoms with Gasteiger partial charge in [-0.1, -0.05) is 0 Å². The number of hydrogen-bond acceptors (Lipinski definition) is 1. The summed E-state index contributed by atoms with van der Waals surface area (Å²) in [5, 5.41) is 1.08. The molecule has 2 rings (SSSR count). The first-order valence-electron chi connectivity index (χ1n) is 4.25. The number of H-pyrrole nitrogens is 1. The number of amides is 1. The fraction of sp³-hybridized carbons (Fsp3) is 0.100. The van der Waals surface area contributed by atoms with Crippen molar-refractivity contribution in [1.29, 1.82) is 0 Å². The molecule has 0 unspecified atom stereocenters. The van der Waals surface area contributed by atoms with E-state index in [2.05, 4.69) is 4.98 Å². The van der Waals surface area contributed by atoms with Gasteiger partial charge in [-0.25, -0.2) is 0 Å². The van der Waals surface area contributed by atoms with E-state index in [0.717, 1.165) is 37.0 Å². The number of aromatic nitrogens is 1. The van der Waals surface area contributed by atoms with Crippen LogP contribution in [0.15, 0.2) is 30.3 Å². The molecular weight excluding hydrogens is 371 g/mol. The molecular formula is C10H9N2OPb. The maximum atomic E-state index is 11.6. The predicted molar refractivity (Wildman–Crippen MR) is 56.1 cm³/mol. The Hall–Kier alpha value is -0.848. The van der Waals surface area contributed by atoms with E-state index < -0.39 is 0 Å². The van der Waals surface area contributed by atoms with Crippen molar-refractivity contribution >= 4 is 42.9 Å². The van der Waals surface area contributed by atoms with E-state index in [1.165, 1.54) is 0 Å². The van der Waals surface area contributed by atoms with E-state index in [-0.39, 0.29) is 5.91 Å². The molecule has 2 aromatic rings. The molecule has 1 N–H and O–H groups in total. The van der Waals surface area contributed by atoms with Crippen molar-refractivity contribution < 1.29 is 4.79 Å². The van der Waals surface area contributed by atoms with Crippen LogP contribution in [0.1, 0.15) is 10.5 Å². The molecule has 69 valence electrons. The summed E-state index contributed by atoms with van der Waals surface area (Å²) >= 11 is 0.741.